The van der Waals surface area contributed by atoms with Gasteiger partial charge < -0.3 is 15.3 Å². The molecule has 1 aromatic heterocycles. The molecule has 0 atom stereocenters. The van der Waals surface area contributed by atoms with E-state index >= 15 is 0 Å². The van der Waals surface area contributed by atoms with Gasteiger partial charge in [0, 0.05) is 37.5 Å². The Kier molecular flexibility index (Phi) is 4.95. The minimum Gasteiger partial charge on any atom is -0.396 e. The summed E-state index contributed by atoms with van der Waals surface area (Å²) in [4.78, 5) is 18.7. The molecule has 1 amide bonds. The van der Waals surface area contributed by atoms with E-state index in [1.165, 1.54) is 0 Å². The van der Waals surface area contributed by atoms with Gasteiger partial charge in [-0.15, -0.1) is 0 Å². The van der Waals surface area contributed by atoms with E-state index in [4.69, 9.17) is 5.11 Å². The highest BCUT2D eigenvalue weighted by atomic mass is 16.3. The number of nitrogens with one attached hydrogen (secondary N) is 1. The first-order chi connectivity index (χ1) is 9.63. The molecule has 2 rings (SSSR count). The largest absolute Gasteiger partial charge is 0.396 e. The number of hydrogen-bond donors (Lipinski definition) is 2. The van der Waals surface area contributed by atoms with E-state index in [0.717, 1.165) is 44.0 Å². The zero-order valence-corrected chi connectivity index (χ0v) is 12.2. The Bertz CT molecular complexity index is 468. The predicted molar refractivity (Wildman–Crippen MR) is 78.9 cm³/mol. The number of anilines is 1. The van der Waals surface area contributed by atoms with Crippen molar-refractivity contribution in [1.29, 1.82) is 0 Å². The summed E-state index contributed by atoms with van der Waals surface area (Å²) in [5.41, 5.74) is 1.54. The highest BCUT2D eigenvalue weighted by Crippen LogP contribution is 2.19. The van der Waals surface area contributed by atoms with E-state index in [1.54, 1.807) is 0 Å². The predicted octanol–water partition coefficient (Wildman–Crippen LogP) is 1.67. The number of aliphatic hydroxyl groups is 1. The average molecular weight is 277 g/mol. The van der Waals surface area contributed by atoms with E-state index < -0.39 is 0 Å². The SMILES string of the molecule is CCNc1cc(C(=O)N2CCC(CO)CC2)cc(C)n1. The molecule has 0 aromatic carbocycles. The Hall–Kier alpha value is -1.62. The number of carbonyl (C=O) groups is 1. The third-order valence-corrected chi connectivity index (χ3v) is 3.72. The van der Waals surface area contributed by atoms with Gasteiger partial charge in [0.2, 0.25) is 0 Å². The van der Waals surface area contributed by atoms with Crippen LogP contribution in [0.25, 0.3) is 0 Å². The first kappa shape index (κ1) is 14.8. The Morgan fingerprint density at radius 3 is 2.75 bits per heavy atom. The lowest BCUT2D eigenvalue weighted by atomic mass is 9.97. The fourth-order valence-electron chi connectivity index (χ4n) is 2.56. The average Bonchev–Trinajstić information content (AvgIpc) is 2.46. The van der Waals surface area contributed by atoms with Crippen LogP contribution in [0.1, 0.15) is 35.8 Å². The highest BCUT2D eigenvalue weighted by molar-refractivity contribution is 5.95. The van der Waals surface area contributed by atoms with Crippen LogP contribution in [0.2, 0.25) is 0 Å². The summed E-state index contributed by atoms with van der Waals surface area (Å²) in [6.07, 6.45) is 1.76. The number of pyridine rings is 1. The third-order valence-electron chi connectivity index (χ3n) is 3.72. The molecule has 1 aliphatic rings. The fraction of sp³-hybridized carbons (Fsp3) is 0.600. The van der Waals surface area contributed by atoms with Crippen molar-refractivity contribution in [3.63, 3.8) is 0 Å². The Balaban J connectivity index is 2.09. The van der Waals surface area contributed by atoms with E-state index in [9.17, 15) is 4.79 Å². The standard InChI is InChI=1S/C15H23N3O2/c1-3-16-14-9-13(8-11(2)17-14)15(20)18-6-4-12(10-19)5-7-18/h8-9,12,19H,3-7,10H2,1-2H3,(H,16,17). The molecular formula is C15H23N3O2. The normalized spacial score (nSPS) is 16.2. The lowest BCUT2D eigenvalue weighted by Crippen LogP contribution is -2.39. The van der Waals surface area contributed by atoms with Gasteiger partial charge in [-0.05, 0) is 44.7 Å². The van der Waals surface area contributed by atoms with Crippen molar-refractivity contribution < 1.29 is 9.90 Å². The van der Waals surface area contributed by atoms with Crippen LogP contribution >= 0.6 is 0 Å². The van der Waals surface area contributed by atoms with Crippen molar-refractivity contribution in [2.75, 3.05) is 31.6 Å². The number of piperidine rings is 1. The molecule has 1 fully saturated rings. The molecule has 0 aliphatic carbocycles. The summed E-state index contributed by atoms with van der Waals surface area (Å²) in [6, 6.07) is 3.65. The molecule has 1 saturated heterocycles. The molecule has 1 aliphatic heterocycles. The molecule has 5 heteroatoms. The molecule has 20 heavy (non-hydrogen) atoms. The van der Waals surface area contributed by atoms with Crippen molar-refractivity contribution in [1.82, 2.24) is 9.88 Å². The monoisotopic (exact) mass is 277 g/mol. The summed E-state index contributed by atoms with van der Waals surface area (Å²) in [6.45, 7) is 6.36. The second-order valence-electron chi connectivity index (χ2n) is 5.33. The lowest BCUT2D eigenvalue weighted by molar-refractivity contribution is 0.0650. The van der Waals surface area contributed by atoms with E-state index in [0.29, 0.717) is 11.5 Å². The number of nitrogens with zero attached hydrogens (tertiary/aromatic N) is 2. The zero-order chi connectivity index (χ0) is 14.5. The summed E-state index contributed by atoms with van der Waals surface area (Å²) in [5.74, 6) is 1.16. The summed E-state index contributed by atoms with van der Waals surface area (Å²) in [7, 11) is 0. The maximum absolute atomic E-state index is 12.5. The third kappa shape index (κ3) is 3.48. The molecule has 1 aromatic rings. The van der Waals surface area contributed by atoms with Crippen LogP contribution in [-0.2, 0) is 0 Å². The smallest absolute Gasteiger partial charge is 0.254 e. The van der Waals surface area contributed by atoms with Crippen molar-refractivity contribution >= 4 is 11.7 Å². The van der Waals surface area contributed by atoms with E-state index in [2.05, 4.69) is 10.3 Å². The van der Waals surface area contributed by atoms with Crippen LogP contribution < -0.4 is 5.32 Å². The van der Waals surface area contributed by atoms with Crippen molar-refractivity contribution in [2.24, 2.45) is 5.92 Å². The maximum Gasteiger partial charge on any atom is 0.254 e. The zero-order valence-electron chi connectivity index (χ0n) is 12.2. The highest BCUT2D eigenvalue weighted by Gasteiger charge is 2.23. The molecule has 5 nitrogen and oxygen atoms in total. The molecule has 2 heterocycles. The number of aryl methyl sites for hydroxylation is 1. The number of aliphatic hydroxyl groups excluding tert-OH is 1. The summed E-state index contributed by atoms with van der Waals surface area (Å²) in [5, 5.41) is 12.3. The molecule has 2 N–H and O–H groups in total. The van der Waals surface area contributed by atoms with Crippen LogP contribution in [0.5, 0.6) is 0 Å². The van der Waals surface area contributed by atoms with Gasteiger partial charge in [0.15, 0.2) is 0 Å². The first-order valence-corrected chi connectivity index (χ1v) is 7.26. The minimum absolute atomic E-state index is 0.0612. The Morgan fingerprint density at radius 2 is 2.15 bits per heavy atom. The van der Waals surface area contributed by atoms with Crippen LogP contribution in [0.15, 0.2) is 12.1 Å². The van der Waals surface area contributed by atoms with Crippen LogP contribution in [0.4, 0.5) is 5.82 Å². The fourth-order valence-corrected chi connectivity index (χ4v) is 2.56. The van der Waals surface area contributed by atoms with Gasteiger partial charge in [-0.2, -0.15) is 0 Å². The topological polar surface area (TPSA) is 65.5 Å². The molecule has 0 spiro atoms. The minimum atomic E-state index is 0.0612. The summed E-state index contributed by atoms with van der Waals surface area (Å²) < 4.78 is 0. The lowest BCUT2D eigenvalue weighted by Gasteiger charge is -2.31. The van der Waals surface area contributed by atoms with Gasteiger partial charge >= 0.3 is 0 Å². The molecule has 0 unspecified atom stereocenters. The van der Waals surface area contributed by atoms with Gasteiger partial charge in [-0.25, -0.2) is 4.98 Å². The number of likely N-dealkylation sites (tertiary alicyclic amines) is 1. The molecule has 110 valence electrons. The Morgan fingerprint density at radius 1 is 1.45 bits per heavy atom. The second-order valence-corrected chi connectivity index (χ2v) is 5.33. The van der Waals surface area contributed by atoms with Crippen molar-refractivity contribution in [3.8, 4) is 0 Å². The molecule has 0 bridgehead atoms. The number of aromatic nitrogens is 1. The van der Waals surface area contributed by atoms with Gasteiger partial charge in [0.05, 0.1) is 0 Å². The number of hydrogen-bond acceptors (Lipinski definition) is 4. The molecular weight excluding hydrogens is 254 g/mol. The van der Waals surface area contributed by atoms with Gasteiger partial charge in [0.25, 0.3) is 5.91 Å². The molecule has 0 radical (unpaired) electrons. The Labute approximate surface area is 120 Å². The van der Waals surface area contributed by atoms with Crippen LogP contribution in [-0.4, -0.2) is 47.1 Å². The van der Waals surface area contributed by atoms with Gasteiger partial charge in [-0.1, -0.05) is 0 Å². The summed E-state index contributed by atoms with van der Waals surface area (Å²) >= 11 is 0. The van der Waals surface area contributed by atoms with Gasteiger partial charge in [-0.3, -0.25) is 4.79 Å². The van der Waals surface area contributed by atoms with Crippen LogP contribution in [0, 0.1) is 12.8 Å². The van der Waals surface area contributed by atoms with E-state index in [-0.39, 0.29) is 12.5 Å². The number of amides is 1. The quantitative estimate of drug-likeness (QED) is 0.878. The van der Waals surface area contributed by atoms with E-state index in [1.807, 2.05) is 30.9 Å². The van der Waals surface area contributed by atoms with Crippen molar-refractivity contribution in [2.45, 2.75) is 26.7 Å². The van der Waals surface area contributed by atoms with Gasteiger partial charge in [0.1, 0.15) is 5.82 Å². The first-order valence-electron chi connectivity index (χ1n) is 7.26. The van der Waals surface area contributed by atoms with Crippen LogP contribution in [0.3, 0.4) is 0 Å². The maximum atomic E-state index is 12.5. The molecule has 0 saturated carbocycles. The second kappa shape index (κ2) is 6.70. The number of rotatable bonds is 4. The van der Waals surface area contributed by atoms with Crippen molar-refractivity contribution in [3.05, 3.63) is 23.4 Å². The number of carbonyl (C=O) groups excluding carboxylic acids is 1.